The molecule has 0 fully saturated rings. The first-order valence-corrected chi connectivity index (χ1v) is 9.37. The Kier molecular flexibility index (Phi) is 3.90. The molecule has 27 heavy (non-hydrogen) atoms. The van der Waals surface area contributed by atoms with Gasteiger partial charge in [-0.15, -0.1) is 10.2 Å². The van der Waals surface area contributed by atoms with Crippen LogP contribution in [0.15, 0.2) is 48.5 Å². The van der Waals surface area contributed by atoms with Gasteiger partial charge in [-0.1, -0.05) is 35.6 Å². The molecule has 0 saturated heterocycles. The van der Waals surface area contributed by atoms with Gasteiger partial charge in [-0.2, -0.15) is 9.61 Å². The monoisotopic (exact) mass is 380 g/mol. The fourth-order valence-electron chi connectivity index (χ4n) is 2.93. The zero-order valence-electron chi connectivity index (χ0n) is 14.5. The zero-order valence-corrected chi connectivity index (χ0v) is 15.3. The predicted octanol–water partition coefficient (Wildman–Crippen LogP) is 3.59. The molecule has 0 saturated carbocycles. The van der Waals surface area contributed by atoms with Crippen molar-refractivity contribution in [3.63, 3.8) is 0 Å². The minimum absolute atomic E-state index is 0.359. The summed E-state index contributed by atoms with van der Waals surface area (Å²) in [6, 6.07) is 15.5. The number of hydrogen-bond donors (Lipinski definition) is 0. The first-order chi connectivity index (χ1) is 13.3. The maximum absolute atomic E-state index is 6.02. The Hall–Kier alpha value is -3.13. The molecule has 8 heteroatoms. The minimum atomic E-state index is -0.359. The fourth-order valence-corrected chi connectivity index (χ4v) is 3.68. The van der Waals surface area contributed by atoms with Crippen molar-refractivity contribution in [2.45, 2.75) is 19.6 Å². The lowest BCUT2D eigenvalue weighted by atomic mass is 10.2. The Balaban J connectivity index is 1.36. The molecule has 1 aliphatic heterocycles. The van der Waals surface area contributed by atoms with Crippen molar-refractivity contribution in [3.8, 4) is 17.2 Å². The van der Waals surface area contributed by atoms with Crippen LogP contribution < -0.4 is 14.2 Å². The van der Waals surface area contributed by atoms with E-state index in [1.807, 2.05) is 55.5 Å². The van der Waals surface area contributed by atoms with Crippen LogP contribution in [0.4, 0.5) is 0 Å². The molecule has 5 rings (SSSR count). The smallest absolute Gasteiger partial charge is 0.234 e. The van der Waals surface area contributed by atoms with Gasteiger partial charge >= 0.3 is 0 Å². The van der Waals surface area contributed by atoms with Crippen molar-refractivity contribution in [1.82, 2.24) is 19.8 Å². The van der Waals surface area contributed by atoms with E-state index in [2.05, 4.69) is 15.3 Å². The maximum Gasteiger partial charge on any atom is 0.234 e. The van der Waals surface area contributed by atoms with Crippen LogP contribution in [0, 0.1) is 6.92 Å². The first kappa shape index (κ1) is 16.1. The lowest BCUT2D eigenvalue weighted by molar-refractivity contribution is 0.0835. The first-order valence-electron chi connectivity index (χ1n) is 8.55. The third kappa shape index (κ3) is 3.08. The van der Waals surface area contributed by atoms with Gasteiger partial charge in [-0.05, 0) is 36.8 Å². The number of rotatable bonds is 4. The number of hydrogen-bond acceptors (Lipinski definition) is 7. The Labute approximate surface area is 159 Å². The third-order valence-corrected chi connectivity index (χ3v) is 5.08. The van der Waals surface area contributed by atoms with Crippen LogP contribution in [0.25, 0.3) is 4.96 Å². The number of nitrogens with zero attached hydrogens (tertiary/aromatic N) is 4. The second-order valence-corrected chi connectivity index (χ2v) is 7.26. The van der Waals surface area contributed by atoms with E-state index in [0.29, 0.717) is 29.7 Å². The van der Waals surface area contributed by atoms with Gasteiger partial charge in [-0.25, -0.2) is 0 Å². The second-order valence-electron chi connectivity index (χ2n) is 6.22. The summed E-state index contributed by atoms with van der Waals surface area (Å²) in [7, 11) is 0. The number of ether oxygens (including phenoxy) is 3. The fraction of sp³-hybridized carbons (Fsp3) is 0.211. The average Bonchev–Trinajstić information content (AvgIpc) is 3.26. The molecule has 1 aliphatic rings. The summed E-state index contributed by atoms with van der Waals surface area (Å²) in [5.41, 5.74) is 1.16. The topological polar surface area (TPSA) is 70.8 Å². The molecule has 0 aliphatic carbocycles. The van der Waals surface area contributed by atoms with Crippen LogP contribution in [-0.4, -0.2) is 26.4 Å². The number of aryl methyl sites for hydroxylation is 1. The van der Waals surface area contributed by atoms with Crippen LogP contribution in [-0.2, 0) is 6.61 Å². The van der Waals surface area contributed by atoms with Crippen molar-refractivity contribution < 1.29 is 14.2 Å². The highest BCUT2D eigenvalue weighted by molar-refractivity contribution is 7.16. The SMILES string of the molecule is Cc1cccc(OCc2nn3c([C@H]4COc5ccccc5O4)nnc3s2)c1. The van der Waals surface area contributed by atoms with E-state index in [1.54, 1.807) is 4.52 Å². The summed E-state index contributed by atoms with van der Waals surface area (Å²) in [5, 5.41) is 13.9. The van der Waals surface area contributed by atoms with Crippen LogP contribution in [0.5, 0.6) is 17.2 Å². The van der Waals surface area contributed by atoms with Crippen LogP contribution in [0.2, 0.25) is 0 Å². The lowest BCUT2D eigenvalue weighted by Gasteiger charge is -2.24. The number of aromatic nitrogens is 4. The van der Waals surface area contributed by atoms with Crippen molar-refractivity contribution in [3.05, 3.63) is 64.9 Å². The molecule has 0 radical (unpaired) electrons. The van der Waals surface area contributed by atoms with Crippen LogP contribution in [0.1, 0.15) is 22.5 Å². The summed E-state index contributed by atoms with van der Waals surface area (Å²) in [6.07, 6.45) is -0.359. The molecule has 0 N–H and O–H groups in total. The summed E-state index contributed by atoms with van der Waals surface area (Å²) >= 11 is 1.45. The summed E-state index contributed by atoms with van der Waals surface area (Å²) in [5.74, 6) is 2.88. The molecular weight excluding hydrogens is 364 g/mol. The molecule has 0 spiro atoms. The van der Waals surface area contributed by atoms with Gasteiger partial charge in [0.25, 0.3) is 0 Å². The van der Waals surface area contributed by atoms with Gasteiger partial charge in [0.05, 0.1) is 0 Å². The number of fused-ring (bicyclic) bond motifs is 2. The molecule has 2 aromatic carbocycles. The highest BCUT2D eigenvalue weighted by atomic mass is 32.1. The minimum Gasteiger partial charge on any atom is -0.486 e. The van der Waals surface area contributed by atoms with Crippen molar-refractivity contribution in [2.24, 2.45) is 0 Å². The van der Waals surface area contributed by atoms with E-state index < -0.39 is 0 Å². The van der Waals surface area contributed by atoms with E-state index in [-0.39, 0.29) is 6.10 Å². The Morgan fingerprint density at radius 2 is 2.04 bits per heavy atom. The Morgan fingerprint density at radius 3 is 2.93 bits per heavy atom. The van der Waals surface area contributed by atoms with Crippen molar-refractivity contribution >= 4 is 16.3 Å². The van der Waals surface area contributed by atoms with Gasteiger partial charge in [0.2, 0.25) is 4.96 Å². The van der Waals surface area contributed by atoms with Gasteiger partial charge in [0.1, 0.15) is 19.0 Å². The van der Waals surface area contributed by atoms with Gasteiger partial charge in [0.15, 0.2) is 28.4 Å². The van der Waals surface area contributed by atoms with E-state index in [9.17, 15) is 0 Å². The van der Waals surface area contributed by atoms with Crippen LogP contribution >= 0.6 is 11.3 Å². The lowest BCUT2D eigenvalue weighted by Crippen LogP contribution is -2.23. The quantitative estimate of drug-likeness (QED) is 0.539. The molecule has 0 unspecified atom stereocenters. The maximum atomic E-state index is 6.02. The van der Waals surface area contributed by atoms with Crippen molar-refractivity contribution in [1.29, 1.82) is 0 Å². The third-order valence-electron chi connectivity index (χ3n) is 4.21. The van der Waals surface area contributed by atoms with Crippen LogP contribution in [0.3, 0.4) is 0 Å². The summed E-state index contributed by atoms with van der Waals surface area (Å²) in [4.78, 5) is 0.704. The van der Waals surface area contributed by atoms with E-state index in [1.165, 1.54) is 11.3 Å². The molecule has 0 bridgehead atoms. The zero-order chi connectivity index (χ0) is 18.2. The van der Waals surface area contributed by atoms with Gasteiger partial charge < -0.3 is 14.2 Å². The molecule has 0 amide bonds. The molecule has 4 aromatic rings. The highest BCUT2D eigenvalue weighted by Gasteiger charge is 2.28. The summed E-state index contributed by atoms with van der Waals surface area (Å²) in [6.45, 7) is 2.78. The number of benzene rings is 2. The van der Waals surface area contributed by atoms with Crippen molar-refractivity contribution in [2.75, 3.05) is 6.61 Å². The summed E-state index contributed by atoms with van der Waals surface area (Å²) < 4.78 is 19.3. The number of para-hydroxylation sites is 2. The molecule has 1 atom stereocenters. The second kappa shape index (κ2) is 6.55. The molecular formula is C19H16N4O3S. The molecule has 3 heterocycles. The van der Waals surface area contributed by atoms with Gasteiger partial charge in [-0.3, -0.25) is 0 Å². The highest BCUT2D eigenvalue weighted by Crippen LogP contribution is 2.35. The van der Waals surface area contributed by atoms with E-state index in [4.69, 9.17) is 14.2 Å². The average molecular weight is 380 g/mol. The standard InChI is InChI=1S/C19H16N4O3S/c1-12-5-4-6-13(9-12)24-11-17-22-23-18(20-21-19(23)27-17)16-10-25-14-7-2-3-8-15(14)26-16/h2-9,16H,10-11H2,1H3/t16-/m1/s1. The predicted molar refractivity (Wildman–Crippen MR) is 99.5 cm³/mol. The van der Waals surface area contributed by atoms with E-state index >= 15 is 0 Å². The Bertz CT molecular complexity index is 1110. The largest absolute Gasteiger partial charge is 0.486 e. The molecule has 136 valence electrons. The molecule has 7 nitrogen and oxygen atoms in total. The van der Waals surface area contributed by atoms with E-state index in [0.717, 1.165) is 22.1 Å². The normalized spacial score (nSPS) is 15.8. The van der Waals surface area contributed by atoms with Gasteiger partial charge in [0, 0.05) is 0 Å². The Morgan fingerprint density at radius 1 is 1.15 bits per heavy atom. The molecule has 2 aromatic heterocycles.